The van der Waals surface area contributed by atoms with E-state index < -0.39 is 5.92 Å². The van der Waals surface area contributed by atoms with Crippen LogP contribution in [-0.2, 0) is 11.8 Å². The number of halogens is 1. The van der Waals surface area contributed by atoms with E-state index in [2.05, 4.69) is 20.8 Å². The molecule has 0 fully saturated rings. The quantitative estimate of drug-likeness (QED) is 0.616. The van der Waals surface area contributed by atoms with Crippen molar-refractivity contribution in [3.05, 3.63) is 59.9 Å². The summed E-state index contributed by atoms with van der Waals surface area (Å²) in [7, 11) is 1.71. The average Bonchev–Trinajstić information content (AvgIpc) is 3.11. The Morgan fingerprint density at radius 2 is 1.84 bits per heavy atom. The third kappa shape index (κ3) is 4.69. The summed E-state index contributed by atoms with van der Waals surface area (Å²) in [6.07, 6.45) is 0.643. The number of fused-ring (bicyclic) bond motifs is 1. The minimum absolute atomic E-state index is 0.115. The van der Waals surface area contributed by atoms with Crippen LogP contribution in [0.4, 0.5) is 15.8 Å². The fourth-order valence-electron chi connectivity index (χ4n) is 3.27. The van der Waals surface area contributed by atoms with Crippen molar-refractivity contribution in [1.82, 2.24) is 25.5 Å². The van der Waals surface area contributed by atoms with Crippen LogP contribution in [0.25, 0.3) is 0 Å². The number of carbonyl (C=O) groups excluding carboxylic acids is 1. The Balaban J connectivity index is 1.67. The van der Waals surface area contributed by atoms with Gasteiger partial charge >= 0.3 is 0 Å². The SMILES string of the molecule is CCC1=Nc2ccccc2N=C(NC(=O)CSc2nnnn2C)[C@@H]1c1ccc(F)cc1. The molecule has 1 aliphatic heterocycles. The minimum Gasteiger partial charge on any atom is -0.313 e. The van der Waals surface area contributed by atoms with Gasteiger partial charge in [-0.3, -0.25) is 9.79 Å². The third-order valence-corrected chi connectivity index (χ3v) is 5.75. The van der Waals surface area contributed by atoms with E-state index in [1.807, 2.05) is 31.2 Å². The van der Waals surface area contributed by atoms with Crippen LogP contribution < -0.4 is 5.32 Å². The van der Waals surface area contributed by atoms with Crippen molar-refractivity contribution in [2.24, 2.45) is 17.0 Å². The number of nitrogens with one attached hydrogen (secondary N) is 1. The number of amides is 1. The lowest BCUT2D eigenvalue weighted by Gasteiger charge is -2.20. The molecule has 4 rings (SSSR count). The standard InChI is InChI=1S/C21H20FN7OS/c1-3-15-19(13-8-10-14(22)11-9-13)20(24-17-7-5-4-6-16(17)23-15)25-18(30)12-31-21-26-27-28-29(21)2/h4-11,19H,3,12H2,1-2H3,(H,24,25,30)/t19-/m1/s1. The van der Waals surface area contributed by atoms with E-state index in [0.717, 1.165) is 17.0 Å². The van der Waals surface area contributed by atoms with Gasteiger partial charge in [0.15, 0.2) is 0 Å². The van der Waals surface area contributed by atoms with E-state index in [1.54, 1.807) is 19.2 Å². The van der Waals surface area contributed by atoms with E-state index in [1.165, 1.54) is 28.6 Å². The average molecular weight is 438 g/mol. The number of tetrazole rings is 1. The van der Waals surface area contributed by atoms with Crippen LogP contribution in [0.1, 0.15) is 24.8 Å². The highest BCUT2D eigenvalue weighted by Gasteiger charge is 2.28. The second-order valence-corrected chi connectivity index (χ2v) is 7.79. The van der Waals surface area contributed by atoms with E-state index in [9.17, 15) is 9.18 Å². The molecule has 0 unspecified atom stereocenters. The van der Waals surface area contributed by atoms with Crippen LogP contribution in [0, 0.1) is 5.82 Å². The Bertz CT molecular complexity index is 1160. The maximum atomic E-state index is 13.6. The highest BCUT2D eigenvalue weighted by atomic mass is 32.2. The molecular formula is C21H20FN7OS. The van der Waals surface area contributed by atoms with Crippen molar-refractivity contribution in [3.8, 4) is 0 Å². The lowest BCUT2D eigenvalue weighted by Crippen LogP contribution is -2.38. The van der Waals surface area contributed by atoms with Crippen molar-refractivity contribution < 1.29 is 9.18 Å². The molecule has 1 amide bonds. The van der Waals surface area contributed by atoms with Crippen LogP contribution in [0.2, 0.25) is 0 Å². The first-order valence-electron chi connectivity index (χ1n) is 9.70. The number of thioether (sulfide) groups is 1. The number of aliphatic imine (C=N–C) groups is 2. The lowest BCUT2D eigenvalue weighted by molar-refractivity contribution is -0.117. The Morgan fingerprint density at radius 3 is 2.48 bits per heavy atom. The van der Waals surface area contributed by atoms with Crippen LogP contribution >= 0.6 is 11.8 Å². The van der Waals surface area contributed by atoms with Gasteiger partial charge in [-0.15, -0.1) is 5.10 Å². The van der Waals surface area contributed by atoms with Crippen molar-refractivity contribution in [2.75, 3.05) is 5.75 Å². The topological polar surface area (TPSA) is 97.4 Å². The molecule has 31 heavy (non-hydrogen) atoms. The smallest absolute Gasteiger partial charge is 0.235 e. The molecule has 158 valence electrons. The van der Waals surface area contributed by atoms with E-state index >= 15 is 0 Å². The molecule has 0 saturated heterocycles. The van der Waals surface area contributed by atoms with Gasteiger partial charge < -0.3 is 5.32 Å². The Labute approximate surface area is 182 Å². The Morgan fingerprint density at radius 1 is 1.13 bits per heavy atom. The predicted octanol–water partition coefficient (Wildman–Crippen LogP) is 3.57. The number of para-hydroxylation sites is 2. The first-order chi connectivity index (χ1) is 15.0. The Kier molecular flexibility index (Phi) is 6.17. The molecule has 1 atom stereocenters. The zero-order valence-corrected chi connectivity index (χ0v) is 17.8. The Hall–Kier alpha value is -3.40. The number of aromatic nitrogens is 4. The summed E-state index contributed by atoms with van der Waals surface area (Å²) in [5, 5.41) is 14.7. The molecule has 1 aromatic heterocycles. The maximum absolute atomic E-state index is 13.6. The van der Waals surface area contributed by atoms with Gasteiger partial charge in [0.1, 0.15) is 11.7 Å². The summed E-state index contributed by atoms with van der Waals surface area (Å²) in [6.45, 7) is 2.00. The number of hydrogen-bond acceptors (Lipinski definition) is 7. The molecular weight excluding hydrogens is 417 g/mol. The highest BCUT2D eigenvalue weighted by molar-refractivity contribution is 7.99. The molecule has 0 aliphatic carbocycles. The molecule has 10 heteroatoms. The zero-order chi connectivity index (χ0) is 21.8. The van der Waals surface area contributed by atoms with E-state index in [-0.39, 0.29) is 17.5 Å². The predicted molar refractivity (Wildman–Crippen MR) is 118 cm³/mol. The highest BCUT2D eigenvalue weighted by Crippen LogP contribution is 2.35. The number of rotatable bonds is 5. The first-order valence-corrected chi connectivity index (χ1v) is 10.7. The number of aryl methyl sites for hydroxylation is 1. The van der Waals surface area contributed by atoms with Crippen LogP contribution in [-0.4, -0.2) is 43.4 Å². The van der Waals surface area contributed by atoms with Gasteiger partial charge in [-0.05, 0) is 46.7 Å². The van der Waals surface area contributed by atoms with Crippen LogP contribution in [0.3, 0.4) is 0 Å². The summed E-state index contributed by atoms with van der Waals surface area (Å²) in [5.74, 6) is -0.397. The fraction of sp³-hybridized carbons (Fsp3) is 0.238. The van der Waals surface area contributed by atoms with Gasteiger partial charge in [-0.2, -0.15) is 0 Å². The fourth-order valence-corrected chi connectivity index (χ4v) is 3.92. The van der Waals surface area contributed by atoms with Gasteiger partial charge in [0.05, 0.1) is 23.0 Å². The largest absolute Gasteiger partial charge is 0.313 e. The summed E-state index contributed by atoms with van der Waals surface area (Å²) in [6, 6.07) is 13.7. The maximum Gasteiger partial charge on any atom is 0.235 e. The molecule has 2 aromatic carbocycles. The number of hydrogen-bond donors (Lipinski definition) is 1. The number of amidine groups is 1. The summed E-state index contributed by atoms with van der Waals surface area (Å²) in [5.41, 5.74) is 3.04. The molecule has 0 bridgehead atoms. The molecule has 0 radical (unpaired) electrons. The van der Waals surface area contributed by atoms with Crippen LogP contribution in [0.5, 0.6) is 0 Å². The van der Waals surface area contributed by atoms with Gasteiger partial charge in [0.25, 0.3) is 0 Å². The zero-order valence-electron chi connectivity index (χ0n) is 17.0. The third-order valence-electron chi connectivity index (χ3n) is 4.74. The molecule has 1 N–H and O–H groups in total. The van der Waals surface area contributed by atoms with E-state index in [0.29, 0.717) is 23.1 Å². The van der Waals surface area contributed by atoms with Crippen molar-refractivity contribution >= 4 is 40.6 Å². The molecule has 1 aliphatic rings. The molecule has 3 aromatic rings. The van der Waals surface area contributed by atoms with Gasteiger partial charge in [-0.1, -0.05) is 43.0 Å². The van der Waals surface area contributed by atoms with Crippen LogP contribution in [0.15, 0.2) is 63.7 Å². The van der Waals surface area contributed by atoms with Crippen molar-refractivity contribution in [2.45, 2.75) is 24.4 Å². The second-order valence-electron chi connectivity index (χ2n) is 6.85. The summed E-state index contributed by atoms with van der Waals surface area (Å²) < 4.78 is 15.1. The summed E-state index contributed by atoms with van der Waals surface area (Å²) >= 11 is 1.23. The molecule has 8 nitrogen and oxygen atoms in total. The normalized spacial score (nSPS) is 15.5. The molecule has 0 spiro atoms. The van der Waals surface area contributed by atoms with Gasteiger partial charge in [0.2, 0.25) is 11.1 Å². The first kappa shape index (κ1) is 20.9. The second kappa shape index (κ2) is 9.17. The lowest BCUT2D eigenvalue weighted by atomic mass is 9.91. The van der Waals surface area contributed by atoms with Crippen molar-refractivity contribution in [1.29, 1.82) is 0 Å². The molecule has 2 heterocycles. The van der Waals surface area contributed by atoms with Crippen molar-refractivity contribution in [3.63, 3.8) is 0 Å². The minimum atomic E-state index is -0.400. The number of carbonyl (C=O) groups is 1. The van der Waals surface area contributed by atoms with E-state index in [4.69, 9.17) is 9.98 Å². The van der Waals surface area contributed by atoms with Gasteiger partial charge in [0, 0.05) is 12.8 Å². The molecule has 0 saturated carbocycles. The number of benzene rings is 2. The number of nitrogens with zero attached hydrogens (tertiary/aromatic N) is 6. The monoisotopic (exact) mass is 437 g/mol. The van der Waals surface area contributed by atoms with Gasteiger partial charge in [-0.25, -0.2) is 14.1 Å². The summed E-state index contributed by atoms with van der Waals surface area (Å²) in [4.78, 5) is 22.3.